The van der Waals surface area contributed by atoms with Crippen LogP contribution in [0, 0.1) is 0 Å². The van der Waals surface area contributed by atoms with E-state index >= 15 is 0 Å². The predicted molar refractivity (Wildman–Crippen MR) is 58.5 cm³/mol. The van der Waals surface area contributed by atoms with Gasteiger partial charge in [-0.25, -0.2) is 0 Å². The maximum absolute atomic E-state index is 5.53. The van der Waals surface area contributed by atoms with Crippen molar-refractivity contribution in [2.75, 3.05) is 0 Å². The summed E-state index contributed by atoms with van der Waals surface area (Å²) < 4.78 is 10.9. The molecule has 0 amide bonds. The third-order valence-corrected chi connectivity index (χ3v) is 2.54. The Hall–Kier alpha value is -0.800. The molecule has 15 heavy (non-hydrogen) atoms. The first-order valence-electron chi connectivity index (χ1n) is 5.66. The molecule has 1 heterocycles. The molecule has 0 spiro atoms. The average Bonchev–Trinajstić information content (AvgIpc) is 2.92. The van der Waals surface area contributed by atoms with E-state index in [1.54, 1.807) is 6.26 Å². The minimum atomic E-state index is 0.249. The van der Waals surface area contributed by atoms with Gasteiger partial charge in [-0.1, -0.05) is 0 Å². The lowest BCUT2D eigenvalue weighted by molar-refractivity contribution is 0.0539. The molecule has 1 aliphatic rings. The van der Waals surface area contributed by atoms with Crippen molar-refractivity contribution in [2.24, 2.45) is 0 Å². The predicted octanol–water partition coefficient (Wildman–Crippen LogP) is 2.46. The Bertz CT molecular complexity index is 282. The molecular formula is C12H19NO2. The molecule has 0 bridgehead atoms. The highest BCUT2D eigenvalue weighted by Gasteiger charge is 2.20. The lowest BCUT2D eigenvalue weighted by Gasteiger charge is -2.07. The fourth-order valence-corrected chi connectivity index (χ4v) is 1.44. The molecule has 0 radical (unpaired) electrons. The van der Waals surface area contributed by atoms with Crippen LogP contribution in [0.5, 0.6) is 0 Å². The maximum Gasteiger partial charge on any atom is 0.133 e. The van der Waals surface area contributed by atoms with Crippen LogP contribution in [-0.4, -0.2) is 12.1 Å². The van der Waals surface area contributed by atoms with Gasteiger partial charge in [0.15, 0.2) is 0 Å². The van der Waals surface area contributed by atoms with Crippen LogP contribution < -0.4 is 5.32 Å². The van der Waals surface area contributed by atoms with Crippen molar-refractivity contribution in [3.63, 3.8) is 0 Å². The molecule has 1 fully saturated rings. The molecular weight excluding hydrogens is 190 g/mol. The molecule has 0 saturated heterocycles. The first-order valence-corrected chi connectivity index (χ1v) is 5.66. The molecule has 1 aromatic heterocycles. The van der Waals surface area contributed by atoms with Crippen molar-refractivity contribution >= 4 is 0 Å². The van der Waals surface area contributed by atoms with Crippen LogP contribution in [0.3, 0.4) is 0 Å². The Morgan fingerprint density at radius 1 is 1.53 bits per heavy atom. The van der Waals surface area contributed by atoms with Gasteiger partial charge in [0.2, 0.25) is 0 Å². The highest BCUT2D eigenvalue weighted by Crippen LogP contribution is 2.20. The fraction of sp³-hybridized carbons (Fsp3) is 0.667. The van der Waals surface area contributed by atoms with Crippen molar-refractivity contribution in [1.29, 1.82) is 0 Å². The maximum atomic E-state index is 5.53. The van der Waals surface area contributed by atoms with E-state index in [-0.39, 0.29) is 6.10 Å². The zero-order chi connectivity index (χ0) is 10.7. The number of hydrogen-bond donors (Lipinski definition) is 1. The summed E-state index contributed by atoms with van der Waals surface area (Å²) in [5.41, 5.74) is 1.22. The second-order valence-electron chi connectivity index (χ2n) is 4.38. The van der Waals surface area contributed by atoms with Crippen molar-refractivity contribution in [3.8, 4) is 0 Å². The lowest BCUT2D eigenvalue weighted by atomic mass is 10.2. The van der Waals surface area contributed by atoms with E-state index in [2.05, 4.69) is 5.32 Å². The van der Waals surface area contributed by atoms with Gasteiger partial charge < -0.3 is 14.5 Å². The van der Waals surface area contributed by atoms with Gasteiger partial charge in [0.05, 0.1) is 12.4 Å². The summed E-state index contributed by atoms with van der Waals surface area (Å²) in [4.78, 5) is 0. The van der Waals surface area contributed by atoms with Crippen molar-refractivity contribution in [2.45, 2.75) is 52.0 Å². The van der Waals surface area contributed by atoms with Crippen LogP contribution in [0.1, 0.15) is 38.0 Å². The first-order chi connectivity index (χ1) is 7.25. The van der Waals surface area contributed by atoms with E-state index < -0.39 is 0 Å². The summed E-state index contributed by atoms with van der Waals surface area (Å²) in [6, 6.07) is 2.76. The van der Waals surface area contributed by atoms with Gasteiger partial charge in [-0.15, -0.1) is 0 Å². The third-order valence-electron chi connectivity index (χ3n) is 2.54. The normalized spacial score (nSPS) is 16.2. The minimum Gasteiger partial charge on any atom is -0.467 e. The van der Waals surface area contributed by atoms with Gasteiger partial charge >= 0.3 is 0 Å². The lowest BCUT2D eigenvalue weighted by Crippen LogP contribution is -2.16. The summed E-state index contributed by atoms with van der Waals surface area (Å²) >= 11 is 0. The Labute approximate surface area is 90.8 Å². The number of ether oxygens (including phenoxy) is 1. The number of hydrogen-bond acceptors (Lipinski definition) is 3. The molecule has 3 nitrogen and oxygen atoms in total. The summed E-state index contributed by atoms with van der Waals surface area (Å²) in [6.45, 7) is 5.54. The molecule has 0 unspecified atom stereocenters. The van der Waals surface area contributed by atoms with E-state index in [1.807, 2.05) is 19.9 Å². The van der Waals surface area contributed by atoms with Crippen molar-refractivity contribution in [1.82, 2.24) is 5.32 Å². The highest BCUT2D eigenvalue weighted by atomic mass is 16.5. The second-order valence-corrected chi connectivity index (χ2v) is 4.38. The van der Waals surface area contributed by atoms with E-state index in [4.69, 9.17) is 9.15 Å². The second kappa shape index (κ2) is 4.81. The summed E-state index contributed by atoms with van der Waals surface area (Å²) in [7, 11) is 0. The summed E-state index contributed by atoms with van der Waals surface area (Å²) in [5.74, 6) is 0.955. The number of furan rings is 1. The van der Waals surface area contributed by atoms with Crippen molar-refractivity contribution in [3.05, 3.63) is 23.7 Å². The van der Waals surface area contributed by atoms with E-state index in [9.17, 15) is 0 Å². The van der Waals surface area contributed by atoms with Crippen LogP contribution in [0.15, 0.2) is 16.7 Å². The van der Waals surface area contributed by atoms with Gasteiger partial charge in [0.1, 0.15) is 12.4 Å². The molecule has 0 aliphatic heterocycles. The SMILES string of the molecule is CC(C)OCc1occc1CNC1CC1. The van der Waals surface area contributed by atoms with Gasteiger partial charge in [-0.05, 0) is 32.8 Å². The molecule has 1 N–H and O–H groups in total. The summed E-state index contributed by atoms with van der Waals surface area (Å²) in [6.07, 6.45) is 4.62. The Morgan fingerprint density at radius 2 is 2.33 bits per heavy atom. The zero-order valence-corrected chi connectivity index (χ0v) is 9.45. The van der Waals surface area contributed by atoms with Gasteiger partial charge in [0, 0.05) is 18.2 Å². The Morgan fingerprint density at radius 3 is 3.00 bits per heavy atom. The molecule has 3 heteroatoms. The summed E-state index contributed by atoms with van der Waals surface area (Å²) in [5, 5.41) is 3.47. The molecule has 2 rings (SSSR count). The smallest absolute Gasteiger partial charge is 0.133 e. The number of nitrogens with one attached hydrogen (secondary N) is 1. The molecule has 1 aliphatic carbocycles. The quantitative estimate of drug-likeness (QED) is 0.781. The van der Waals surface area contributed by atoms with E-state index in [0.29, 0.717) is 6.61 Å². The topological polar surface area (TPSA) is 34.4 Å². The average molecular weight is 209 g/mol. The van der Waals surface area contributed by atoms with Crippen LogP contribution in [-0.2, 0) is 17.9 Å². The monoisotopic (exact) mass is 209 g/mol. The third kappa shape index (κ3) is 3.36. The Balaban J connectivity index is 1.83. The van der Waals surface area contributed by atoms with Crippen LogP contribution in [0.2, 0.25) is 0 Å². The standard InChI is InChI=1S/C12H19NO2/c1-9(2)15-8-12-10(5-6-14-12)7-13-11-3-4-11/h5-6,9,11,13H,3-4,7-8H2,1-2H3. The van der Waals surface area contributed by atoms with Gasteiger partial charge in [-0.2, -0.15) is 0 Å². The fourth-order valence-electron chi connectivity index (χ4n) is 1.44. The molecule has 0 atom stereocenters. The first kappa shape index (κ1) is 10.7. The molecule has 84 valence electrons. The molecule has 1 aromatic rings. The van der Waals surface area contributed by atoms with Crippen LogP contribution >= 0.6 is 0 Å². The van der Waals surface area contributed by atoms with Gasteiger partial charge in [-0.3, -0.25) is 0 Å². The minimum absolute atomic E-state index is 0.249. The molecule has 1 saturated carbocycles. The Kier molecular flexibility index (Phi) is 3.44. The van der Waals surface area contributed by atoms with Gasteiger partial charge in [0.25, 0.3) is 0 Å². The van der Waals surface area contributed by atoms with E-state index in [1.165, 1.54) is 18.4 Å². The zero-order valence-electron chi connectivity index (χ0n) is 9.45. The molecule has 0 aromatic carbocycles. The van der Waals surface area contributed by atoms with Crippen LogP contribution in [0.4, 0.5) is 0 Å². The van der Waals surface area contributed by atoms with Crippen molar-refractivity contribution < 1.29 is 9.15 Å². The highest BCUT2D eigenvalue weighted by molar-refractivity contribution is 5.16. The van der Waals surface area contributed by atoms with E-state index in [0.717, 1.165) is 18.3 Å². The number of rotatable bonds is 6. The van der Waals surface area contributed by atoms with Crippen LogP contribution in [0.25, 0.3) is 0 Å². The largest absolute Gasteiger partial charge is 0.467 e.